The average molecular weight is 622 g/mol. The number of benzene rings is 1. The number of fused-ring (bicyclic) bond motifs is 1. The number of pyridine rings is 1. The molecule has 2 aliphatic carbocycles. The molecule has 1 aromatic heterocycles. The summed E-state index contributed by atoms with van der Waals surface area (Å²) in [6, 6.07) is 7.70. The smallest absolute Gasteiger partial charge is 0.462 e. The van der Waals surface area contributed by atoms with Crippen molar-refractivity contribution in [3.63, 3.8) is 0 Å². The van der Waals surface area contributed by atoms with E-state index < -0.39 is 34.7 Å². The van der Waals surface area contributed by atoms with Crippen molar-refractivity contribution in [3.8, 4) is 0 Å². The first-order valence-corrected chi connectivity index (χ1v) is 16.0. The summed E-state index contributed by atoms with van der Waals surface area (Å²) in [5.41, 5.74) is 4.83. The number of carbonyl (C=O) groups excluding carboxylic acids is 3. The van der Waals surface area contributed by atoms with Crippen LogP contribution >= 0.6 is 0 Å². The highest BCUT2D eigenvalue weighted by Gasteiger charge is 2.28. The van der Waals surface area contributed by atoms with Gasteiger partial charge in [-0.05, 0) is 95.4 Å². The maximum atomic E-state index is 14.2. The van der Waals surface area contributed by atoms with Crippen LogP contribution in [0.25, 0.3) is 11.1 Å². The minimum Gasteiger partial charge on any atom is -0.462 e. The first-order valence-electron chi connectivity index (χ1n) is 14.4. The molecule has 0 spiro atoms. The summed E-state index contributed by atoms with van der Waals surface area (Å²) in [6.07, 6.45) is 12.4. The standard InChI is InChI=1S/C34H36FNO7S/c1-21(19-41-33(38)25-6-5-13-36-18-25)14-22(2)20-42-34(39)43-32(37)17-30-23(3)29(28-12-9-26(35)16-31(28)30)15-24-7-10-27(11-8-24)44(4)40/h5-10,12-13,15-16,18,21-22,27H,11,14,17,19-20H2,1-4H3/b29-15-. The van der Waals surface area contributed by atoms with E-state index in [1.807, 2.05) is 45.1 Å². The van der Waals surface area contributed by atoms with Crippen molar-refractivity contribution < 1.29 is 37.2 Å². The topological polar surface area (TPSA) is 109 Å². The van der Waals surface area contributed by atoms with Crippen LogP contribution < -0.4 is 0 Å². The summed E-state index contributed by atoms with van der Waals surface area (Å²) in [7, 11) is -0.961. The Balaban J connectivity index is 1.30. The molecule has 0 bridgehead atoms. The third-order valence-corrected chi connectivity index (χ3v) is 8.69. The molecule has 0 saturated heterocycles. The van der Waals surface area contributed by atoms with Crippen molar-refractivity contribution in [2.45, 2.75) is 45.3 Å². The number of aromatic nitrogens is 1. The van der Waals surface area contributed by atoms with Gasteiger partial charge < -0.3 is 14.2 Å². The molecule has 10 heteroatoms. The molecule has 0 amide bonds. The molecule has 0 N–H and O–H groups in total. The van der Waals surface area contributed by atoms with Crippen molar-refractivity contribution in [2.75, 3.05) is 19.5 Å². The highest BCUT2D eigenvalue weighted by molar-refractivity contribution is 7.85. The zero-order chi connectivity index (χ0) is 31.8. The van der Waals surface area contributed by atoms with Crippen molar-refractivity contribution in [1.82, 2.24) is 4.98 Å². The molecule has 2 aromatic rings. The van der Waals surface area contributed by atoms with Gasteiger partial charge in [-0.3, -0.25) is 14.0 Å². The maximum absolute atomic E-state index is 14.2. The zero-order valence-electron chi connectivity index (χ0n) is 25.2. The number of hydrogen-bond donors (Lipinski definition) is 0. The monoisotopic (exact) mass is 621 g/mol. The Kier molecular flexibility index (Phi) is 11.2. The number of carbonyl (C=O) groups is 3. The van der Waals surface area contributed by atoms with E-state index in [1.54, 1.807) is 30.7 Å². The number of allylic oxidation sites excluding steroid dienone is 6. The summed E-state index contributed by atoms with van der Waals surface area (Å²) in [4.78, 5) is 41.1. The quantitative estimate of drug-likeness (QED) is 0.204. The van der Waals surface area contributed by atoms with Crippen LogP contribution in [0.1, 0.15) is 61.5 Å². The lowest BCUT2D eigenvalue weighted by Gasteiger charge is -2.17. The summed E-state index contributed by atoms with van der Waals surface area (Å²) >= 11 is 0. The lowest BCUT2D eigenvalue weighted by molar-refractivity contribution is -0.138. The second-order valence-corrected chi connectivity index (χ2v) is 12.8. The second-order valence-electron chi connectivity index (χ2n) is 11.2. The van der Waals surface area contributed by atoms with Gasteiger partial charge in [0.2, 0.25) is 0 Å². The normalized spacial score (nSPS) is 18.7. The lowest BCUT2D eigenvalue weighted by atomic mass is 9.98. The number of halogens is 1. The van der Waals surface area contributed by atoms with E-state index in [-0.39, 0.29) is 36.7 Å². The number of nitrogens with zero attached hydrogens (tertiary/aromatic N) is 1. The van der Waals surface area contributed by atoms with Crippen molar-refractivity contribution in [1.29, 1.82) is 0 Å². The van der Waals surface area contributed by atoms with Crippen LogP contribution in [0.5, 0.6) is 0 Å². The molecule has 8 nitrogen and oxygen atoms in total. The van der Waals surface area contributed by atoms with Gasteiger partial charge in [-0.2, -0.15) is 0 Å². The maximum Gasteiger partial charge on any atom is 0.516 e. The van der Waals surface area contributed by atoms with Gasteiger partial charge in [0.25, 0.3) is 0 Å². The molecule has 44 heavy (non-hydrogen) atoms. The van der Waals surface area contributed by atoms with Crippen LogP contribution in [-0.2, 0) is 29.8 Å². The van der Waals surface area contributed by atoms with Crippen LogP contribution in [0.3, 0.4) is 0 Å². The summed E-state index contributed by atoms with van der Waals surface area (Å²) in [5, 5.41) is -0.0298. The van der Waals surface area contributed by atoms with Gasteiger partial charge in [-0.1, -0.05) is 38.1 Å². The molecule has 0 fully saturated rings. The number of esters is 2. The van der Waals surface area contributed by atoms with Crippen LogP contribution in [-0.4, -0.2) is 52.0 Å². The third-order valence-electron chi connectivity index (χ3n) is 7.49. The summed E-state index contributed by atoms with van der Waals surface area (Å²) in [5.74, 6) is -1.78. The molecule has 0 saturated carbocycles. The molecule has 4 rings (SSSR count). The molecule has 232 valence electrons. The average Bonchev–Trinajstić information content (AvgIpc) is 3.24. The fourth-order valence-corrected chi connectivity index (χ4v) is 5.91. The Labute approximate surface area is 259 Å². The number of rotatable bonds is 11. The molecular weight excluding hydrogens is 585 g/mol. The largest absolute Gasteiger partial charge is 0.516 e. The minimum atomic E-state index is -1.11. The fourth-order valence-electron chi connectivity index (χ4n) is 5.24. The van der Waals surface area contributed by atoms with Gasteiger partial charge in [0.15, 0.2) is 0 Å². The molecule has 1 heterocycles. The van der Waals surface area contributed by atoms with Crippen LogP contribution in [0.15, 0.2) is 78.2 Å². The Morgan fingerprint density at radius 2 is 1.86 bits per heavy atom. The first kappa shape index (κ1) is 32.7. The van der Waals surface area contributed by atoms with E-state index in [0.29, 0.717) is 29.5 Å². The van der Waals surface area contributed by atoms with E-state index in [9.17, 15) is 23.0 Å². The Morgan fingerprint density at radius 3 is 2.52 bits per heavy atom. The zero-order valence-corrected chi connectivity index (χ0v) is 26.0. The van der Waals surface area contributed by atoms with Crippen LogP contribution in [0, 0.1) is 17.7 Å². The number of ether oxygens (including phenoxy) is 3. The van der Waals surface area contributed by atoms with E-state index in [2.05, 4.69) is 4.98 Å². The second kappa shape index (κ2) is 15.0. The lowest BCUT2D eigenvalue weighted by Crippen LogP contribution is -2.20. The molecular formula is C34H36FNO7S. The van der Waals surface area contributed by atoms with Crippen LogP contribution in [0.2, 0.25) is 0 Å². The Hall–Kier alpha value is -4.18. The van der Waals surface area contributed by atoms with Gasteiger partial charge in [0, 0.05) is 29.4 Å². The van der Waals surface area contributed by atoms with Gasteiger partial charge in [-0.15, -0.1) is 0 Å². The Bertz CT molecular complexity index is 1560. The Morgan fingerprint density at radius 1 is 1.11 bits per heavy atom. The van der Waals surface area contributed by atoms with Crippen molar-refractivity contribution in [2.24, 2.45) is 11.8 Å². The minimum absolute atomic E-state index is 0.00350. The molecule has 4 unspecified atom stereocenters. The summed E-state index contributed by atoms with van der Waals surface area (Å²) < 4.78 is 41.5. The van der Waals surface area contributed by atoms with Crippen molar-refractivity contribution >= 4 is 40.0 Å². The predicted molar refractivity (Wildman–Crippen MR) is 166 cm³/mol. The van der Waals surface area contributed by atoms with Gasteiger partial charge in [0.1, 0.15) is 5.82 Å². The van der Waals surface area contributed by atoms with Gasteiger partial charge in [-0.25, -0.2) is 14.0 Å². The SMILES string of the molecule is CC1=C(CC(=O)OC(=O)OCC(C)CC(C)COC(=O)c2cccnc2)c2cc(F)ccc2/C1=C\C1=CCC(S(C)=O)C=C1. The van der Waals surface area contributed by atoms with E-state index in [4.69, 9.17) is 14.2 Å². The van der Waals surface area contributed by atoms with Crippen LogP contribution in [0.4, 0.5) is 9.18 Å². The fraction of sp³-hybridized carbons (Fsp3) is 0.353. The van der Waals surface area contributed by atoms with E-state index >= 15 is 0 Å². The molecule has 4 atom stereocenters. The van der Waals surface area contributed by atoms with Gasteiger partial charge >= 0.3 is 18.1 Å². The van der Waals surface area contributed by atoms with Gasteiger partial charge in [0.05, 0.1) is 30.4 Å². The highest BCUT2D eigenvalue weighted by atomic mass is 32.2. The molecule has 2 aliphatic rings. The van der Waals surface area contributed by atoms with Crippen molar-refractivity contribution in [3.05, 3.63) is 101 Å². The van der Waals surface area contributed by atoms with E-state index in [1.165, 1.54) is 18.3 Å². The third kappa shape index (κ3) is 8.69. The first-order chi connectivity index (χ1) is 21.0. The molecule has 0 radical (unpaired) electrons. The molecule has 1 aromatic carbocycles. The number of hydrogen-bond acceptors (Lipinski definition) is 8. The van der Waals surface area contributed by atoms with E-state index in [0.717, 1.165) is 22.3 Å². The molecule has 0 aliphatic heterocycles. The summed E-state index contributed by atoms with van der Waals surface area (Å²) in [6.45, 7) is 5.85. The predicted octanol–water partition coefficient (Wildman–Crippen LogP) is 6.61. The highest BCUT2D eigenvalue weighted by Crippen LogP contribution is 2.44.